The van der Waals surface area contributed by atoms with Crippen LogP contribution in [0.2, 0.25) is 0 Å². The molecule has 0 aliphatic heterocycles. The largest absolute Gasteiger partial charge is 0.360 e. The van der Waals surface area contributed by atoms with E-state index < -0.39 is 10.0 Å². The Morgan fingerprint density at radius 3 is 2.83 bits per heavy atom. The van der Waals surface area contributed by atoms with Crippen molar-refractivity contribution in [2.24, 2.45) is 0 Å². The number of benzene rings is 1. The van der Waals surface area contributed by atoms with Gasteiger partial charge in [0.2, 0.25) is 5.91 Å². The molecule has 0 radical (unpaired) electrons. The van der Waals surface area contributed by atoms with E-state index in [1.807, 2.05) is 35.8 Å². The molecule has 10 heteroatoms. The van der Waals surface area contributed by atoms with Crippen LogP contribution >= 0.6 is 22.7 Å². The number of amides is 1. The summed E-state index contributed by atoms with van der Waals surface area (Å²) in [4.78, 5) is 20.0. The summed E-state index contributed by atoms with van der Waals surface area (Å²) in [5.41, 5.74) is 2.82. The van der Waals surface area contributed by atoms with Crippen LogP contribution < -0.4 is 5.32 Å². The van der Waals surface area contributed by atoms with Gasteiger partial charge < -0.3 is 10.3 Å². The first-order valence-electron chi connectivity index (χ1n) is 9.27. The number of nitrogens with one attached hydrogen (secondary N) is 2. The summed E-state index contributed by atoms with van der Waals surface area (Å²) in [7, 11) is -1.96. The van der Waals surface area contributed by atoms with Gasteiger partial charge in [-0.1, -0.05) is 24.3 Å². The molecule has 0 saturated heterocycles. The van der Waals surface area contributed by atoms with Gasteiger partial charge in [-0.25, -0.2) is 17.7 Å². The number of para-hydroxylation sites is 1. The average Bonchev–Trinajstić information content (AvgIpc) is 3.48. The number of thiophene rings is 1. The molecule has 1 aromatic carbocycles. The molecular formula is C20H20N4O3S3. The van der Waals surface area contributed by atoms with E-state index in [-0.39, 0.29) is 18.9 Å². The molecule has 3 aromatic heterocycles. The van der Waals surface area contributed by atoms with Gasteiger partial charge in [-0.3, -0.25) is 4.79 Å². The highest BCUT2D eigenvalue weighted by Gasteiger charge is 2.21. The van der Waals surface area contributed by atoms with Crippen LogP contribution in [-0.4, -0.2) is 42.2 Å². The predicted octanol–water partition coefficient (Wildman–Crippen LogP) is 4.39. The fourth-order valence-electron chi connectivity index (χ4n) is 3.07. The minimum absolute atomic E-state index is 0.184. The Hall–Kier alpha value is -2.53. The van der Waals surface area contributed by atoms with Gasteiger partial charge >= 0.3 is 0 Å². The molecule has 0 saturated carbocycles. The molecule has 4 aromatic rings. The lowest BCUT2D eigenvalue weighted by Gasteiger charge is -2.15. The summed E-state index contributed by atoms with van der Waals surface area (Å²) in [6, 6.07) is 11.3. The second-order valence-corrected chi connectivity index (χ2v) is 10.8. The summed E-state index contributed by atoms with van der Waals surface area (Å²) >= 11 is 2.55. The van der Waals surface area contributed by atoms with Crippen molar-refractivity contribution in [3.63, 3.8) is 0 Å². The Morgan fingerprint density at radius 2 is 2.03 bits per heavy atom. The second kappa shape index (κ2) is 8.68. The molecule has 0 aliphatic rings. The molecule has 0 atom stereocenters. The topological polar surface area (TPSA) is 95.2 Å². The lowest BCUT2D eigenvalue weighted by Crippen LogP contribution is -2.28. The zero-order valence-corrected chi connectivity index (χ0v) is 18.6. The number of aromatic amines is 1. The van der Waals surface area contributed by atoms with E-state index in [1.54, 1.807) is 17.5 Å². The molecule has 0 fully saturated rings. The molecule has 0 unspecified atom stereocenters. The van der Waals surface area contributed by atoms with E-state index >= 15 is 0 Å². The smallest absolute Gasteiger partial charge is 0.252 e. The third kappa shape index (κ3) is 4.31. The third-order valence-electron chi connectivity index (χ3n) is 4.65. The van der Waals surface area contributed by atoms with Crippen LogP contribution in [0.25, 0.3) is 22.2 Å². The molecule has 0 bridgehead atoms. The van der Waals surface area contributed by atoms with Gasteiger partial charge in [0.05, 0.1) is 5.69 Å². The van der Waals surface area contributed by atoms with Crippen molar-refractivity contribution in [3.05, 3.63) is 53.4 Å². The number of nitrogens with zero attached hydrogens (tertiary/aromatic N) is 2. The highest BCUT2D eigenvalue weighted by atomic mass is 32.2. The molecule has 4 rings (SSSR count). The highest BCUT2D eigenvalue weighted by molar-refractivity contribution is 7.91. The Morgan fingerprint density at radius 1 is 1.20 bits per heavy atom. The maximum Gasteiger partial charge on any atom is 0.252 e. The summed E-state index contributed by atoms with van der Waals surface area (Å²) in [6.45, 7) is 0.270. The normalized spacial score (nSPS) is 11.9. The van der Waals surface area contributed by atoms with Gasteiger partial charge in [-0.15, -0.1) is 22.7 Å². The first-order valence-corrected chi connectivity index (χ1v) is 12.5. The van der Waals surface area contributed by atoms with Gasteiger partial charge in [-0.2, -0.15) is 0 Å². The number of H-pyrrole nitrogens is 1. The number of sulfonamides is 1. The number of carbonyl (C=O) groups excluding carboxylic acids is 1. The SMILES string of the molecule is CN(CCCC(=O)Nc1nc(-c2c[nH]c3ccccc23)cs1)S(=O)(=O)c1cccs1. The number of fused-ring (bicyclic) bond motifs is 1. The number of anilines is 1. The van der Waals surface area contributed by atoms with Crippen molar-refractivity contribution in [2.45, 2.75) is 17.1 Å². The Kier molecular flexibility index (Phi) is 6.00. The predicted molar refractivity (Wildman–Crippen MR) is 121 cm³/mol. The molecule has 30 heavy (non-hydrogen) atoms. The van der Waals surface area contributed by atoms with Crippen molar-refractivity contribution in [1.29, 1.82) is 0 Å². The van der Waals surface area contributed by atoms with Crippen LogP contribution in [0, 0.1) is 0 Å². The van der Waals surface area contributed by atoms with Crippen molar-refractivity contribution in [3.8, 4) is 11.3 Å². The fourth-order valence-corrected chi connectivity index (χ4v) is 6.20. The standard InChI is InChI=1S/C20H20N4O3S3/c1-24(30(26,27)19-9-5-11-28-19)10-4-8-18(25)23-20-22-17(13-29-20)15-12-21-16-7-3-2-6-14(15)16/h2-3,5-7,9,11-13,21H,4,8,10H2,1H3,(H,22,23,25). The van der Waals surface area contributed by atoms with Crippen molar-refractivity contribution in [1.82, 2.24) is 14.3 Å². The van der Waals surface area contributed by atoms with Crippen LogP contribution in [0.4, 0.5) is 5.13 Å². The van der Waals surface area contributed by atoms with Crippen LogP contribution in [0.15, 0.2) is 57.6 Å². The van der Waals surface area contributed by atoms with Crippen molar-refractivity contribution < 1.29 is 13.2 Å². The summed E-state index contributed by atoms with van der Waals surface area (Å²) in [5, 5.41) is 8.05. The monoisotopic (exact) mass is 460 g/mol. The minimum Gasteiger partial charge on any atom is -0.360 e. The van der Waals surface area contributed by atoms with E-state index in [1.165, 1.54) is 34.0 Å². The number of hydrogen-bond donors (Lipinski definition) is 2. The van der Waals surface area contributed by atoms with Crippen LogP contribution in [0.5, 0.6) is 0 Å². The van der Waals surface area contributed by atoms with Crippen molar-refractivity contribution >= 4 is 54.6 Å². The highest BCUT2D eigenvalue weighted by Crippen LogP contribution is 2.31. The average molecular weight is 461 g/mol. The van der Waals surface area contributed by atoms with Gasteiger partial charge in [0.15, 0.2) is 5.13 Å². The van der Waals surface area contributed by atoms with Crippen LogP contribution in [0.3, 0.4) is 0 Å². The van der Waals surface area contributed by atoms with Crippen molar-refractivity contribution in [2.75, 3.05) is 18.9 Å². The summed E-state index contributed by atoms with van der Waals surface area (Å²) < 4.78 is 26.4. The van der Waals surface area contributed by atoms with Gasteiger partial charge in [0.25, 0.3) is 10.0 Å². The van der Waals surface area contributed by atoms with Gasteiger partial charge in [0.1, 0.15) is 4.21 Å². The van der Waals surface area contributed by atoms with Gasteiger partial charge in [0, 0.05) is 48.1 Å². The molecule has 1 amide bonds. The summed E-state index contributed by atoms with van der Waals surface area (Å²) in [5.74, 6) is -0.184. The van der Waals surface area contributed by atoms with Gasteiger partial charge in [-0.05, 0) is 23.9 Å². The first-order chi connectivity index (χ1) is 14.4. The second-order valence-electron chi connectivity index (χ2n) is 6.70. The Balaban J connectivity index is 1.32. The Labute approximate surface area is 182 Å². The maximum absolute atomic E-state index is 12.4. The van der Waals surface area contributed by atoms with Crippen LogP contribution in [0.1, 0.15) is 12.8 Å². The molecule has 156 valence electrons. The zero-order chi connectivity index (χ0) is 21.1. The fraction of sp³-hybridized carbons (Fsp3) is 0.200. The molecule has 2 N–H and O–H groups in total. The number of carbonyl (C=O) groups is 1. The van der Waals surface area contributed by atoms with E-state index in [4.69, 9.17) is 0 Å². The molecule has 7 nitrogen and oxygen atoms in total. The Bertz CT molecular complexity index is 1260. The molecule has 3 heterocycles. The third-order valence-corrected chi connectivity index (χ3v) is 8.64. The van der Waals surface area contributed by atoms with E-state index in [2.05, 4.69) is 15.3 Å². The zero-order valence-electron chi connectivity index (χ0n) is 16.2. The molecule has 0 spiro atoms. The lowest BCUT2D eigenvalue weighted by atomic mass is 10.1. The molecule has 0 aliphatic carbocycles. The van der Waals surface area contributed by atoms with Crippen LogP contribution in [-0.2, 0) is 14.8 Å². The minimum atomic E-state index is -3.49. The maximum atomic E-state index is 12.4. The molecular weight excluding hydrogens is 440 g/mol. The first kappa shape index (κ1) is 20.7. The van der Waals surface area contributed by atoms with E-state index in [0.717, 1.165) is 22.2 Å². The summed E-state index contributed by atoms with van der Waals surface area (Å²) in [6.07, 6.45) is 2.55. The lowest BCUT2D eigenvalue weighted by molar-refractivity contribution is -0.116. The quantitative estimate of drug-likeness (QED) is 0.408. The number of thiazole rings is 1. The van der Waals surface area contributed by atoms with E-state index in [9.17, 15) is 13.2 Å². The number of rotatable bonds is 8. The number of hydrogen-bond acceptors (Lipinski definition) is 6. The van der Waals surface area contributed by atoms with E-state index in [0.29, 0.717) is 15.8 Å². The number of aromatic nitrogens is 2.